The van der Waals surface area contributed by atoms with Crippen molar-refractivity contribution in [3.05, 3.63) is 29.8 Å². The van der Waals surface area contributed by atoms with Crippen LogP contribution in [-0.2, 0) is 0 Å². The van der Waals surface area contributed by atoms with E-state index in [9.17, 15) is 5.11 Å². The number of hydrogen-bond donors (Lipinski definition) is 1. The van der Waals surface area contributed by atoms with E-state index in [1.165, 1.54) is 12.8 Å². The van der Waals surface area contributed by atoms with E-state index >= 15 is 0 Å². The third kappa shape index (κ3) is 2.70. The minimum atomic E-state index is -0.421. The molecule has 1 N–H and O–H groups in total. The van der Waals surface area contributed by atoms with Gasteiger partial charge in [-0.25, -0.2) is 0 Å². The zero-order chi connectivity index (χ0) is 14.6. The molecule has 1 fully saturated rings. The van der Waals surface area contributed by atoms with Gasteiger partial charge >= 0.3 is 0 Å². The predicted octanol–water partition coefficient (Wildman–Crippen LogP) is 3.38. The first-order valence-corrected chi connectivity index (χ1v) is 7.75. The number of rotatable bonds is 6. The maximum Gasteiger partial charge on any atom is 0.118 e. The van der Waals surface area contributed by atoms with E-state index in [4.69, 9.17) is 4.74 Å². The molecule has 0 amide bonds. The number of methoxy groups -OCH3 is 1. The molecule has 0 heterocycles. The van der Waals surface area contributed by atoms with Crippen LogP contribution >= 0.6 is 0 Å². The lowest BCUT2D eigenvalue weighted by Crippen LogP contribution is -2.51. The molecule has 1 atom stereocenters. The zero-order valence-electron chi connectivity index (χ0n) is 12.9. The first-order chi connectivity index (χ1) is 9.67. The van der Waals surface area contributed by atoms with Gasteiger partial charge in [-0.05, 0) is 43.6 Å². The van der Waals surface area contributed by atoms with Gasteiger partial charge < -0.3 is 9.84 Å². The summed E-state index contributed by atoms with van der Waals surface area (Å²) in [5.74, 6) is 0.837. The van der Waals surface area contributed by atoms with E-state index < -0.39 is 6.10 Å². The zero-order valence-corrected chi connectivity index (χ0v) is 12.9. The minimum Gasteiger partial charge on any atom is -0.497 e. The lowest BCUT2D eigenvalue weighted by atomic mass is 9.84. The Morgan fingerprint density at radius 1 is 1.15 bits per heavy atom. The molecule has 0 spiro atoms. The molecule has 1 unspecified atom stereocenters. The van der Waals surface area contributed by atoms with Crippen LogP contribution in [0.25, 0.3) is 0 Å². The van der Waals surface area contributed by atoms with Crippen molar-refractivity contribution in [3.63, 3.8) is 0 Å². The first-order valence-electron chi connectivity index (χ1n) is 7.75. The van der Waals surface area contributed by atoms with E-state index in [2.05, 4.69) is 18.7 Å². The second-order valence-electron chi connectivity index (χ2n) is 5.66. The van der Waals surface area contributed by atoms with Gasteiger partial charge in [0.2, 0.25) is 0 Å². The van der Waals surface area contributed by atoms with E-state index in [0.717, 1.165) is 37.2 Å². The van der Waals surface area contributed by atoms with Gasteiger partial charge in [-0.1, -0.05) is 38.8 Å². The number of aliphatic hydroxyl groups excluding tert-OH is 1. The highest BCUT2D eigenvalue weighted by Gasteiger charge is 2.44. The van der Waals surface area contributed by atoms with Crippen LogP contribution in [0.3, 0.4) is 0 Å². The average molecular weight is 277 g/mol. The highest BCUT2D eigenvalue weighted by molar-refractivity contribution is 5.30. The highest BCUT2D eigenvalue weighted by atomic mass is 16.5. The van der Waals surface area contributed by atoms with Crippen LogP contribution < -0.4 is 4.74 Å². The Kier molecular flexibility index (Phi) is 5.06. The number of benzene rings is 1. The molecule has 2 rings (SSSR count). The quantitative estimate of drug-likeness (QED) is 0.865. The summed E-state index contributed by atoms with van der Waals surface area (Å²) in [6.07, 6.45) is 4.17. The van der Waals surface area contributed by atoms with Crippen molar-refractivity contribution in [3.8, 4) is 5.75 Å². The standard InChI is InChI=1S/C17H27NO2/c1-4-18(5-2)17(12-6-7-13-17)16(19)14-8-10-15(20-3)11-9-14/h8-11,16,19H,4-7,12-13H2,1-3H3. The summed E-state index contributed by atoms with van der Waals surface area (Å²) >= 11 is 0. The van der Waals surface area contributed by atoms with Crippen LogP contribution in [0.1, 0.15) is 51.2 Å². The molecule has 1 aromatic carbocycles. The number of nitrogens with zero attached hydrogens (tertiary/aromatic N) is 1. The van der Waals surface area contributed by atoms with Crippen molar-refractivity contribution in [2.24, 2.45) is 0 Å². The Labute approximate surface area is 122 Å². The molecule has 0 aliphatic heterocycles. The second kappa shape index (κ2) is 6.59. The maximum atomic E-state index is 11.0. The topological polar surface area (TPSA) is 32.7 Å². The third-order valence-electron chi connectivity index (χ3n) is 4.80. The molecule has 112 valence electrons. The summed E-state index contributed by atoms with van der Waals surface area (Å²) in [5, 5.41) is 11.0. The van der Waals surface area contributed by atoms with Gasteiger partial charge in [0.25, 0.3) is 0 Å². The van der Waals surface area contributed by atoms with Crippen molar-refractivity contribution in [2.45, 2.75) is 51.2 Å². The maximum absolute atomic E-state index is 11.0. The lowest BCUT2D eigenvalue weighted by Gasteiger charge is -2.44. The summed E-state index contributed by atoms with van der Waals surface area (Å²) in [5.41, 5.74) is 0.914. The number of likely N-dealkylation sites (N-methyl/N-ethyl adjacent to an activating group) is 1. The van der Waals surface area contributed by atoms with Crippen LogP contribution in [0, 0.1) is 0 Å². The molecule has 3 heteroatoms. The fourth-order valence-electron chi connectivity index (χ4n) is 3.70. The molecular weight excluding hydrogens is 250 g/mol. The molecule has 1 saturated carbocycles. The molecular formula is C17H27NO2. The molecule has 0 aromatic heterocycles. The van der Waals surface area contributed by atoms with Crippen LogP contribution in [0.5, 0.6) is 5.75 Å². The Morgan fingerprint density at radius 2 is 1.70 bits per heavy atom. The smallest absolute Gasteiger partial charge is 0.118 e. The second-order valence-corrected chi connectivity index (χ2v) is 5.66. The van der Waals surface area contributed by atoms with Crippen molar-refractivity contribution in [1.29, 1.82) is 0 Å². The van der Waals surface area contributed by atoms with E-state index in [1.807, 2.05) is 24.3 Å². The molecule has 3 nitrogen and oxygen atoms in total. The van der Waals surface area contributed by atoms with E-state index in [-0.39, 0.29) is 5.54 Å². The molecule has 1 aromatic rings. The number of ether oxygens (including phenoxy) is 1. The monoisotopic (exact) mass is 277 g/mol. The fraction of sp³-hybridized carbons (Fsp3) is 0.647. The molecule has 20 heavy (non-hydrogen) atoms. The van der Waals surface area contributed by atoms with Gasteiger partial charge in [0.05, 0.1) is 18.8 Å². The van der Waals surface area contributed by atoms with Gasteiger partial charge in [0.1, 0.15) is 5.75 Å². The van der Waals surface area contributed by atoms with Crippen LogP contribution in [-0.4, -0.2) is 35.7 Å². The number of aliphatic hydroxyl groups is 1. The van der Waals surface area contributed by atoms with Crippen LogP contribution in [0.4, 0.5) is 0 Å². The Hall–Kier alpha value is -1.06. The summed E-state index contributed by atoms with van der Waals surface area (Å²) in [7, 11) is 1.67. The van der Waals surface area contributed by atoms with Crippen molar-refractivity contribution < 1.29 is 9.84 Å². The summed E-state index contributed by atoms with van der Waals surface area (Å²) in [6.45, 7) is 6.35. The summed E-state index contributed by atoms with van der Waals surface area (Å²) in [6, 6.07) is 7.85. The first kappa shape index (κ1) is 15.3. The average Bonchev–Trinajstić information content (AvgIpc) is 2.98. The van der Waals surface area contributed by atoms with Gasteiger partial charge in [-0.15, -0.1) is 0 Å². The summed E-state index contributed by atoms with van der Waals surface area (Å²) in [4.78, 5) is 2.44. The molecule has 0 radical (unpaired) electrons. The van der Waals surface area contributed by atoms with Gasteiger partial charge in [0, 0.05) is 0 Å². The molecule has 1 aliphatic carbocycles. The van der Waals surface area contributed by atoms with Crippen molar-refractivity contribution in [1.82, 2.24) is 4.90 Å². The van der Waals surface area contributed by atoms with Crippen LogP contribution in [0.2, 0.25) is 0 Å². The Bertz CT molecular complexity index is 406. The Balaban J connectivity index is 2.28. The minimum absolute atomic E-state index is 0.0852. The fourth-order valence-corrected chi connectivity index (χ4v) is 3.70. The van der Waals surface area contributed by atoms with Gasteiger partial charge in [-0.2, -0.15) is 0 Å². The molecule has 0 bridgehead atoms. The summed E-state index contributed by atoms with van der Waals surface area (Å²) < 4.78 is 5.20. The van der Waals surface area contributed by atoms with Crippen molar-refractivity contribution >= 4 is 0 Å². The number of hydrogen-bond acceptors (Lipinski definition) is 3. The van der Waals surface area contributed by atoms with Crippen molar-refractivity contribution in [2.75, 3.05) is 20.2 Å². The van der Waals surface area contributed by atoms with E-state index in [1.54, 1.807) is 7.11 Å². The van der Waals surface area contributed by atoms with E-state index in [0.29, 0.717) is 0 Å². The predicted molar refractivity (Wildman–Crippen MR) is 82.1 cm³/mol. The van der Waals surface area contributed by atoms with Gasteiger partial charge in [-0.3, -0.25) is 4.90 Å². The largest absolute Gasteiger partial charge is 0.497 e. The van der Waals surface area contributed by atoms with Gasteiger partial charge in [0.15, 0.2) is 0 Å². The molecule has 0 saturated heterocycles. The molecule has 1 aliphatic rings. The lowest BCUT2D eigenvalue weighted by molar-refractivity contribution is -0.0268. The Morgan fingerprint density at radius 3 is 2.15 bits per heavy atom. The third-order valence-corrected chi connectivity index (χ3v) is 4.80. The normalized spacial score (nSPS) is 19.2. The van der Waals surface area contributed by atoms with Crippen LogP contribution in [0.15, 0.2) is 24.3 Å². The SMILES string of the molecule is CCN(CC)C1(C(O)c2ccc(OC)cc2)CCCC1. The highest BCUT2D eigenvalue weighted by Crippen LogP contribution is 2.44.